The van der Waals surface area contributed by atoms with Crippen molar-refractivity contribution in [1.82, 2.24) is 5.32 Å². The molecule has 3 heteroatoms. The highest BCUT2D eigenvalue weighted by Gasteiger charge is 2.27. The fourth-order valence-electron chi connectivity index (χ4n) is 2.31. The van der Waals surface area contributed by atoms with Gasteiger partial charge in [0.1, 0.15) is 11.5 Å². The maximum absolute atomic E-state index is 5.75. The Kier molecular flexibility index (Phi) is 3.89. The quantitative estimate of drug-likeness (QED) is 0.870. The van der Waals surface area contributed by atoms with Crippen molar-refractivity contribution in [3.8, 4) is 11.5 Å². The third-order valence-electron chi connectivity index (χ3n) is 3.12. The minimum Gasteiger partial charge on any atom is -0.494 e. The van der Waals surface area contributed by atoms with Crippen LogP contribution in [0.1, 0.15) is 32.4 Å². The molecule has 1 aromatic carbocycles. The van der Waals surface area contributed by atoms with Crippen LogP contribution in [0.2, 0.25) is 0 Å². The molecule has 0 saturated heterocycles. The summed E-state index contributed by atoms with van der Waals surface area (Å²) < 4.78 is 11.3. The van der Waals surface area contributed by atoms with Crippen molar-refractivity contribution >= 4 is 0 Å². The number of rotatable bonds is 4. The van der Waals surface area contributed by atoms with Gasteiger partial charge in [-0.2, -0.15) is 0 Å². The summed E-state index contributed by atoms with van der Waals surface area (Å²) >= 11 is 0. The summed E-state index contributed by atoms with van der Waals surface area (Å²) in [5.74, 6) is 2.39. The van der Waals surface area contributed by atoms with Crippen LogP contribution in [-0.2, 0) is 0 Å². The molecule has 2 unspecified atom stereocenters. The van der Waals surface area contributed by atoms with Crippen LogP contribution in [0.25, 0.3) is 0 Å². The number of nitrogens with one attached hydrogen (secondary N) is 1. The molecule has 0 radical (unpaired) electrons. The molecule has 1 heterocycles. The Bertz CT molecular complexity index is 378. The number of fused-ring (bicyclic) bond motifs is 1. The van der Waals surface area contributed by atoms with E-state index in [1.54, 1.807) is 0 Å². The van der Waals surface area contributed by atoms with Crippen molar-refractivity contribution in [1.29, 1.82) is 0 Å². The highest BCUT2D eigenvalue weighted by atomic mass is 16.5. The molecule has 3 nitrogen and oxygen atoms in total. The van der Waals surface area contributed by atoms with Crippen LogP contribution in [0.3, 0.4) is 0 Å². The van der Waals surface area contributed by atoms with Crippen molar-refractivity contribution in [2.75, 3.05) is 19.8 Å². The molecule has 17 heavy (non-hydrogen) atoms. The Labute approximate surface area is 103 Å². The molecular weight excluding hydrogens is 214 g/mol. The molecule has 0 fully saturated rings. The zero-order valence-electron chi connectivity index (χ0n) is 10.8. The van der Waals surface area contributed by atoms with Crippen molar-refractivity contribution in [3.05, 3.63) is 23.8 Å². The highest BCUT2D eigenvalue weighted by Crippen LogP contribution is 2.37. The molecule has 94 valence electrons. The van der Waals surface area contributed by atoms with E-state index in [9.17, 15) is 0 Å². The average molecular weight is 235 g/mol. The van der Waals surface area contributed by atoms with Gasteiger partial charge in [0.25, 0.3) is 0 Å². The van der Waals surface area contributed by atoms with Gasteiger partial charge >= 0.3 is 0 Å². The number of ether oxygens (including phenoxy) is 2. The van der Waals surface area contributed by atoms with Gasteiger partial charge in [-0.25, -0.2) is 0 Å². The molecule has 0 spiro atoms. The van der Waals surface area contributed by atoms with Gasteiger partial charge in [-0.1, -0.05) is 13.8 Å². The highest BCUT2D eigenvalue weighted by molar-refractivity contribution is 5.43. The first-order valence-corrected chi connectivity index (χ1v) is 6.39. The van der Waals surface area contributed by atoms with E-state index >= 15 is 0 Å². The lowest BCUT2D eigenvalue weighted by Gasteiger charge is -2.32. The van der Waals surface area contributed by atoms with Crippen LogP contribution >= 0.6 is 0 Å². The molecule has 0 aromatic heterocycles. The second-order valence-corrected chi connectivity index (χ2v) is 4.46. The fourth-order valence-corrected chi connectivity index (χ4v) is 2.31. The van der Waals surface area contributed by atoms with Crippen LogP contribution < -0.4 is 14.8 Å². The minimum atomic E-state index is 0.365. The molecular formula is C14H21NO2. The van der Waals surface area contributed by atoms with Gasteiger partial charge in [0.2, 0.25) is 0 Å². The van der Waals surface area contributed by atoms with Gasteiger partial charge in [-0.15, -0.1) is 0 Å². The van der Waals surface area contributed by atoms with Crippen LogP contribution in [-0.4, -0.2) is 19.8 Å². The smallest absolute Gasteiger partial charge is 0.124 e. The molecule has 1 aliphatic heterocycles. The summed E-state index contributed by atoms with van der Waals surface area (Å²) in [4.78, 5) is 0. The Balaban J connectivity index is 2.30. The Morgan fingerprint density at radius 3 is 2.94 bits per heavy atom. The molecule has 1 aliphatic rings. The van der Waals surface area contributed by atoms with Crippen molar-refractivity contribution in [2.45, 2.75) is 26.8 Å². The second-order valence-electron chi connectivity index (χ2n) is 4.46. The van der Waals surface area contributed by atoms with E-state index in [1.165, 1.54) is 5.56 Å². The normalized spacial score (nSPS) is 22.8. The molecule has 0 amide bonds. The van der Waals surface area contributed by atoms with Crippen LogP contribution in [0, 0.1) is 5.92 Å². The molecule has 0 bridgehead atoms. The topological polar surface area (TPSA) is 30.5 Å². The predicted molar refractivity (Wildman–Crippen MR) is 68.7 cm³/mol. The monoisotopic (exact) mass is 235 g/mol. The van der Waals surface area contributed by atoms with E-state index in [1.807, 2.05) is 19.1 Å². The van der Waals surface area contributed by atoms with Crippen LogP contribution in [0.15, 0.2) is 18.2 Å². The van der Waals surface area contributed by atoms with E-state index in [2.05, 4.69) is 25.2 Å². The van der Waals surface area contributed by atoms with Gasteiger partial charge in [0.15, 0.2) is 0 Å². The van der Waals surface area contributed by atoms with Crippen LogP contribution in [0.5, 0.6) is 11.5 Å². The van der Waals surface area contributed by atoms with Crippen LogP contribution in [0.4, 0.5) is 0 Å². The van der Waals surface area contributed by atoms with E-state index < -0.39 is 0 Å². The first kappa shape index (κ1) is 12.2. The standard InChI is InChI=1S/C14H21NO2/c1-4-15-14-10(3)9-17-13-7-6-11(16-5-2)8-12(13)14/h6-8,10,14-15H,4-5,9H2,1-3H3. The molecule has 2 atom stereocenters. The Morgan fingerprint density at radius 1 is 1.41 bits per heavy atom. The van der Waals surface area contributed by atoms with Gasteiger partial charge in [0.05, 0.1) is 13.2 Å². The Hall–Kier alpha value is -1.22. The third-order valence-corrected chi connectivity index (χ3v) is 3.12. The summed E-state index contributed by atoms with van der Waals surface area (Å²) in [6.07, 6.45) is 0. The maximum Gasteiger partial charge on any atom is 0.124 e. The molecule has 0 aliphatic carbocycles. The van der Waals surface area contributed by atoms with Gasteiger partial charge in [-0.05, 0) is 31.7 Å². The summed E-state index contributed by atoms with van der Waals surface area (Å²) in [5.41, 5.74) is 1.22. The van der Waals surface area contributed by atoms with E-state index in [-0.39, 0.29) is 0 Å². The van der Waals surface area contributed by atoms with Gasteiger partial charge in [0, 0.05) is 17.5 Å². The minimum absolute atomic E-state index is 0.365. The van der Waals surface area contributed by atoms with Gasteiger partial charge < -0.3 is 14.8 Å². The summed E-state index contributed by atoms with van der Waals surface area (Å²) in [7, 11) is 0. The van der Waals surface area contributed by atoms with E-state index in [0.29, 0.717) is 18.6 Å². The fraction of sp³-hybridized carbons (Fsp3) is 0.571. The molecule has 2 rings (SSSR count). The van der Waals surface area contributed by atoms with Crippen molar-refractivity contribution in [2.24, 2.45) is 5.92 Å². The lowest BCUT2D eigenvalue weighted by atomic mass is 9.92. The number of hydrogen-bond acceptors (Lipinski definition) is 3. The van der Waals surface area contributed by atoms with Crippen molar-refractivity contribution < 1.29 is 9.47 Å². The average Bonchev–Trinajstić information content (AvgIpc) is 2.33. The van der Waals surface area contributed by atoms with E-state index in [0.717, 1.165) is 24.7 Å². The maximum atomic E-state index is 5.75. The van der Waals surface area contributed by atoms with Gasteiger partial charge in [-0.3, -0.25) is 0 Å². The first-order chi connectivity index (χ1) is 8.26. The summed E-state index contributed by atoms with van der Waals surface area (Å²) in [5, 5.41) is 3.52. The van der Waals surface area contributed by atoms with Crippen molar-refractivity contribution in [3.63, 3.8) is 0 Å². The predicted octanol–water partition coefficient (Wildman–Crippen LogP) is 2.76. The number of hydrogen-bond donors (Lipinski definition) is 1. The summed E-state index contributed by atoms with van der Waals surface area (Å²) in [6, 6.07) is 6.45. The summed E-state index contributed by atoms with van der Waals surface area (Å²) in [6.45, 7) is 8.78. The lowest BCUT2D eigenvalue weighted by molar-refractivity contribution is 0.189. The lowest BCUT2D eigenvalue weighted by Crippen LogP contribution is -2.33. The SMILES string of the molecule is CCNC1c2cc(OCC)ccc2OCC1C. The second kappa shape index (κ2) is 5.41. The first-order valence-electron chi connectivity index (χ1n) is 6.39. The Morgan fingerprint density at radius 2 is 2.24 bits per heavy atom. The molecule has 0 saturated carbocycles. The largest absolute Gasteiger partial charge is 0.494 e. The number of benzene rings is 1. The van der Waals surface area contributed by atoms with E-state index in [4.69, 9.17) is 9.47 Å². The zero-order valence-corrected chi connectivity index (χ0v) is 10.8. The zero-order chi connectivity index (χ0) is 12.3. The third kappa shape index (κ3) is 2.55. The molecule has 1 aromatic rings. The molecule has 1 N–H and O–H groups in total.